The van der Waals surface area contributed by atoms with E-state index >= 15 is 0 Å². The molecule has 156 valence electrons. The van der Waals surface area contributed by atoms with Crippen molar-refractivity contribution in [2.75, 3.05) is 18.4 Å². The highest BCUT2D eigenvalue weighted by atomic mass is 127. The van der Waals surface area contributed by atoms with E-state index in [0.717, 1.165) is 22.1 Å². The van der Waals surface area contributed by atoms with Crippen molar-refractivity contribution >= 4 is 40.6 Å². The fourth-order valence-corrected chi connectivity index (χ4v) is 3.57. The van der Waals surface area contributed by atoms with Gasteiger partial charge < -0.3 is 14.4 Å². The molecule has 1 saturated heterocycles. The SMILES string of the molecule is CC(C)(C)OC(=O)Nc1cc(I)cc(C[C@H]2CCN(C(=O)OC(C)(C)C)C2)n1. The normalized spacial score (nSPS) is 17.4. The van der Waals surface area contributed by atoms with Crippen molar-refractivity contribution in [1.82, 2.24) is 9.88 Å². The summed E-state index contributed by atoms with van der Waals surface area (Å²) in [6.07, 6.45) is 0.850. The molecule has 0 bridgehead atoms. The van der Waals surface area contributed by atoms with Crippen LogP contribution in [0.2, 0.25) is 0 Å². The van der Waals surface area contributed by atoms with Crippen molar-refractivity contribution in [3.63, 3.8) is 0 Å². The molecule has 2 heterocycles. The van der Waals surface area contributed by atoms with Gasteiger partial charge in [-0.05, 0) is 95.0 Å². The third kappa shape index (κ3) is 7.81. The minimum atomic E-state index is -0.566. The summed E-state index contributed by atoms with van der Waals surface area (Å²) in [5, 5.41) is 2.70. The van der Waals surface area contributed by atoms with Gasteiger partial charge in [-0.25, -0.2) is 14.6 Å². The molecule has 2 amide bonds. The Morgan fingerprint density at radius 1 is 1.18 bits per heavy atom. The highest BCUT2D eigenvalue weighted by Gasteiger charge is 2.30. The van der Waals surface area contributed by atoms with Gasteiger partial charge in [0.1, 0.15) is 17.0 Å². The summed E-state index contributed by atoms with van der Waals surface area (Å²) in [5.74, 6) is 0.783. The zero-order valence-corrected chi connectivity index (χ0v) is 19.6. The van der Waals surface area contributed by atoms with Gasteiger partial charge in [0.05, 0.1) is 0 Å². The second-order valence-electron chi connectivity index (χ2n) is 9.07. The monoisotopic (exact) mass is 503 g/mol. The van der Waals surface area contributed by atoms with Gasteiger partial charge in [0, 0.05) is 22.4 Å². The zero-order valence-electron chi connectivity index (χ0n) is 17.5. The molecule has 28 heavy (non-hydrogen) atoms. The van der Waals surface area contributed by atoms with Gasteiger partial charge in [0.25, 0.3) is 0 Å². The highest BCUT2D eigenvalue weighted by Crippen LogP contribution is 2.24. The summed E-state index contributed by atoms with van der Waals surface area (Å²) in [6, 6.07) is 3.80. The number of aromatic nitrogens is 1. The molecule has 0 saturated carbocycles. The molecule has 1 aliphatic heterocycles. The van der Waals surface area contributed by atoms with Crippen LogP contribution >= 0.6 is 22.6 Å². The van der Waals surface area contributed by atoms with Gasteiger partial charge >= 0.3 is 12.2 Å². The number of ether oxygens (including phenoxy) is 2. The summed E-state index contributed by atoms with van der Waals surface area (Å²) >= 11 is 2.21. The fourth-order valence-electron chi connectivity index (χ4n) is 2.91. The van der Waals surface area contributed by atoms with Gasteiger partial charge in [0.15, 0.2) is 0 Å². The predicted molar refractivity (Wildman–Crippen MR) is 116 cm³/mol. The number of halogens is 1. The second kappa shape index (κ2) is 8.84. The standard InChI is InChI=1S/C20H30IN3O4/c1-19(2,3)27-17(25)23-16-11-14(21)10-15(22-16)9-13-7-8-24(12-13)18(26)28-20(4,5)6/h10-11,13H,7-9,12H2,1-6H3,(H,22,23,25)/t13-/m1/s1. The van der Waals surface area contributed by atoms with Crippen LogP contribution in [0, 0.1) is 9.49 Å². The molecule has 1 N–H and O–H groups in total. The molecule has 1 aliphatic rings. The van der Waals surface area contributed by atoms with E-state index in [1.807, 2.05) is 47.6 Å². The number of nitrogens with one attached hydrogen (secondary N) is 1. The van der Waals surface area contributed by atoms with Gasteiger partial charge in [-0.2, -0.15) is 0 Å². The first-order valence-corrected chi connectivity index (χ1v) is 10.5. The maximum Gasteiger partial charge on any atom is 0.413 e. The van der Waals surface area contributed by atoms with Crippen LogP contribution in [-0.2, 0) is 15.9 Å². The number of nitrogens with zero attached hydrogens (tertiary/aromatic N) is 2. The van der Waals surface area contributed by atoms with Crippen LogP contribution in [0.5, 0.6) is 0 Å². The van der Waals surface area contributed by atoms with Crippen molar-refractivity contribution in [3.05, 3.63) is 21.4 Å². The average Bonchev–Trinajstić information content (AvgIpc) is 2.91. The quantitative estimate of drug-likeness (QED) is 0.598. The first kappa shape index (κ1) is 22.7. The fraction of sp³-hybridized carbons (Fsp3) is 0.650. The van der Waals surface area contributed by atoms with E-state index in [1.165, 1.54) is 0 Å². The molecular weight excluding hydrogens is 473 g/mol. The smallest absolute Gasteiger partial charge is 0.413 e. The van der Waals surface area contributed by atoms with Crippen molar-refractivity contribution in [3.8, 4) is 0 Å². The van der Waals surface area contributed by atoms with Gasteiger partial charge in [-0.15, -0.1) is 0 Å². The Labute approximate surface area is 180 Å². The third-order valence-electron chi connectivity index (χ3n) is 3.91. The lowest BCUT2D eigenvalue weighted by molar-refractivity contribution is 0.0287. The van der Waals surface area contributed by atoms with Crippen LogP contribution in [-0.4, -0.2) is 46.4 Å². The van der Waals surface area contributed by atoms with Gasteiger partial charge in [-0.1, -0.05) is 0 Å². The van der Waals surface area contributed by atoms with Crippen LogP contribution < -0.4 is 5.32 Å². The van der Waals surface area contributed by atoms with Gasteiger partial charge in [0.2, 0.25) is 0 Å². The Morgan fingerprint density at radius 2 is 1.82 bits per heavy atom. The molecule has 0 spiro atoms. The van der Waals surface area contributed by atoms with Crippen LogP contribution in [0.25, 0.3) is 0 Å². The molecule has 0 aromatic carbocycles. The maximum absolute atomic E-state index is 12.2. The van der Waals surface area contributed by atoms with Crippen LogP contribution in [0.4, 0.5) is 15.4 Å². The van der Waals surface area contributed by atoms with E-state index in [-0.39, 0.29) is 6.09 Å². The first-order chi connectivity index (χ1) is 12.8. The molecule has 0 unspecified atom stereocenters. The van der Waals surface area contributed by atoms with E-state index in [9.17, 15) is 9.59 Å². The van der Waals surface area contributed by atoms with E-state index in [4.69, 9.17) is 9.47 Å². The van der Waals surface area contributed by atoms with Crippen molar-refractivity contribution in [2.45, 2.75) is 65.6 Å². The lowest BCUT2D eigenvalue weighted by Gasteiger charge is -2.24. The molecule has 8 heteroatoms. The summed E-state index contributed by atoms with van der Waals surface area (Å²) in [5.41, 5.74) is -0.174. The Hall–Kier alpha value is -1.58. The van der Waals surface area contributed by atoms with Crippen LogP contribution in [0.3, 0.4) is 0 Å². The average molecular weight is 503 g/mol. The number of hydrogen-bond donors (Lipinski definition) is 1. The Balaban J connectivity index is 1.97. The van der Waals surface area contributed by atoms with E-state index in [0.29, 0.717) is 24.8 Å². The lowest BCUT2D eigenvalue weighted by atomic mass is 10.0. The van der Waals surface area contributed by atoms with E-state index in [2.05, 4.69) is 32.9 Å². The molecule has 1 aromatic rings. The molecule has 1 atom stereocenters. The number of anilines is 1. The summed E-state index contributed by atoms with van der Waals surface area (Å²) in [4.78, 5) is 30.5. The largest absolute Gasteiger partial charge is 0.444 e. The number of likely N-dealkylation sites (tertiary alicyclic amines) is 1. The number of rotatable bonds is 3. The van der Waals surface area contributed by atoms with Crippen molar-refractivity contribution in [1.29, 1.82) is 0 Å². The predicted octanol–water partition coefficient (Wildman–Crippen LogP) is 4.83. The Bertz CT molecular complexity index is 725. The molecular formula is C20H30IN3O4. The zero-order chi connectivity index (χ0) is 21.1. The number of carbonyl (C=O) groups is 2. The number of hydrogen-bond acceptors (Lipinski definition) is 5. The molecule has 0 radical (unpaired) electrons. The third-order valence-corrected chi connectivity index (χ3v) is 4.53. The lowest BCUT2D eigenvalue weighted by Crippen LogP contribution is -2.35. The molecule has 7 nitrogen and oxygen atoms in total. The minimum absolute atomic E-state index is 0.266. The molecule has 1 aromatic heterocycles. The highest BCUT2D eigenvalue weighted by molar-refractivity contribution is 14.1. The summed E-state index contributed by atoms with van der Waals surface area (Å²) < 4.78 is 11.7. The maximum atomic E-state index is 12.2. The van der Waals surface area contributed by atoms with E-state index < -0.39 is 17.3 Å². The van der Waals surface area contributed by atoms with Gasteiger partial charge in [-0.3, -0.25) is 5.32 Å². The Kier molecular flexibility index (Phi) is 7.17. The first-order valence-electron chi connectivity index (χ1n) is 9.45. The van der Waals surface area contributed by atoms with Crippen LogP contribution in [0.1, 0.15) is 53.7 Å². The topological polar surface area (TPSA) is 80.8 Å². The second-order valence-corrected chi connectivity index (χ2v) is 10.3. The van der Waals surface area contributed by atoms with Crippen molar-refractivity contribution < 1.29 is 19.1 Å². The van der Waals surface area contributed by atoms with E-state index in [1.54, 1.807) is 11.0 Å². The van der Waals surface area contributed by atoms with Crippen molar-refractivity contribution in [2.24, 2.45) is 5.92 Å². The number of carbonyl (C=O) groups excluding carboxylic acids is 2. The molecule has 2 rings (SSSR count). The molecule has 1 fully saturated rings. The number of pyridine rings is 1. The summed E-state index contributed by atoms with van der Waals surface area (Å²) in [7, 11) is 0. The molecule has 0 aliphatic carbocycles. The number of amides is 2. The van der Waals surface area contributed by atoms with Crippen LogP contribution in [0.15, 0.2) is 12.1 Å². The minimum Gasteiger partial charge on any atom is -0.444 e. The summed E-state index contributed by atoms with van der Waals surface area (Å²) in [6.45, 7) is 12.4. The Morgan fingerprint density at radius 3 is 2.43 bits per heavy atom.